The molecule has 2 aromatic rings. The zero-order valence-electron chi connectivity index (χ0n) is 9.03. The number of aryl methyl sites for hydroxylation is 1. The molecule has 0 aliphatic carbocycles. The number of hydrogen-bond donors (Lipinski definition) is 1. The number of likely N-dealkylation sites (N-methyl/N-ethyl adjacent to an activating group) is 1. The highest BCUT2D eigenvalue weighted by Gasteiger charge is 1.99. The third kappa shape index (κ3) is 2.27. The molecule has 0 saturated heterocycles. The number of pyridine rings is 1. The molecule has 15 heavy (non-hydrogen) atoms. The quantitative estimate of drug-likeness (QED) is 0.763. The summed E-state index contributed by atoms with van der Waals surface area (Å²) in [6.07, 6.45) is 3.94. The van der Waals surface area contributed by atoms with Crippen molar-refractivity contribution in [3.05, 3.63) is 30.2 Å². The molecule has 0 atom stereocenters. The Labute approximate surface area is 88.9 Å². The Hall–Kier alpha value is -1.55. The van der Waals surface area contributed by atoms with Gasteiger partial charge in [-0.3, -0.25) is 0 Å². The summed E-state index contributed by atoms with van der Waals surface area (Å²) >= 11 is 0. The molecule has 0 spiro atoms. The normalized spacial score (nSPS) is 10.8. The van der Waals surface area contributed by atoms with E-state index in [2.05, 4.69) is 10.3 Å². The predicted octanol–water partition coefficient (Wildman–Crippen LogP) is 1.24. The van der Waals surface area contributed by atoms with E-state index in [0.717, 1.165) is 23.6 Å². The molecule has 0 unspecified atom stereocenters. The summed E-state index contributed by atoms with van der Waals surface area (Å²) in [5.74, 6) is 0.871. The molecule has 1 N–H and O–H groups in total. The standard InChI is InChI=1S/C11H15N3O/c1-9-7-14-8-10(15-6-5-12-2)3-4-11(14)13-9/h3-4,7-8,12H,5-6H2,1-2H3. The van der Waals surface area contributed by atoms with E-state index in [4.69, 9.17) is 4.74 Å². The highest BCUT2D eigenvalue weighted by Crippen LogP contribution is 2.13. The van der Waals surface area contributed by atoms with E-state index in [-0.39, 0.29) is 0 Å². The Kier molecular flexibility index (Phi) is 2.87. The van der Waals surface area contributed by atoms with Crippen LogP contribution in [0.15, 0.2) is 24.5 Å². The highest BCUT2D eigenvalue weighted by atomic mass is 16.5. The van der Waals surface area contributed by atoms with Crippen molar-refractivity contribution < 1.29 is 4.74 Å². The molecular weight excluding hydrogens is 190 g/mol. The van der Waals surface area contributed by atoms with Crippen molar-refractivity contribution in [1.82, 2.24) is 14.7 Å². The van der Waals surface area contributed by atoms with E-state index in [9.17, 15) is 0 Å². The molecule has 80 valence electrons. The Morgan fingerprint density at radius 3 is 3.07 bits per heavy atom. The van der Waals surface area contributed by atoms with E-state index < -0.39 is 0 Å². The van der Waals surface area contributed by atoms with Crippen molar-refractivity contribution in [2.75, 3.05) is 20.2 Å². The van der Waals surface area contributed by atoms with Crippen LogP contribution in [0.2, 0.25) is 0 Å². The predicted molar refractivity (Wildman–Crippen MR) is 59.4 cm³/mol. The van der Waals surface area contributed by atoms with Crippen molar-refractivity contribution in [1.29, 1.82) is 0 Å². The van der Waals surface area contributed by atoms with Gasteiger partial charge in [0.05, 0.1) is 11.9 Å². The summed E-state index contributed by atoms with van der Waals surface area (Å²) in [5, 5.41) is 3.04. The lowest BCUT2D eigenvalue weighted by atomic mass is 10.4. The summed E-state index contributed by atoms with van der Waals surface area (Å²) in [4.78, 5) is 4.35. The first-order chi connectivity index (χ1) is 7.29. The lowest BCUT2D eigenvalue weighted by molar-refractivity contribution is 0.317. The summed E-state index contributed by atoms with van der Waals surface area (Å²) in [5.41, 5.74) is 1.97. The van der Waals surface area contributed by atoms with Gasteiger partial charge in [-0.15, -0.1) is 0 Å². The van der Waals surface area contributed by atoms with Crippen LogP contribution in [0.1, 0.15) is 5.69 Å². The van der Waals surface area contributed by atoms with Gasteiger partial charge in [0.2, 0.25) is 0 Å². The molecular formula is C11H15N3O. The maximum absolute atomic E-state index is 5.55. The number of aromatic nitrogens is 2. The van der Waals surface area contributed by atoms with E-state index in [1.807, 2.05) is 42.9 Å². The molecule has 0 aromatic carbocycles. The number of hydrogen-bond acceptors (Lipinski definition) is 3. The van der Waals surface area contributed by atoms with Crippen LogP contribution in [0.25, 0.3) is 5.65 Å². The van der Waals surface area contributed by atoms with E-state index in [0.29, 0.717) is 6.61 Å². The van der Waals surface area contributed by atoms with E-state index >= 15 is 0 Å². The van der Waals surface area contributed by atoms with Gasteiger partial charge in [-0.1, -0.05) is 0 Å². The lowest BCUT2D eigenvalue weighted by Gasteiger charge is -2.05. The van der Waals surface area contributed by atoms with Crippen LogP contribution < -0.4 is 10.1 Å². The number of ether oxygens (including phenoxy) is 1. The molecule has 4 nitrogen and oxygen atoms in total. The lowest BCUT2D eigenvalue weighted by Crippen LogP contribution is -2.16. The minimum absolute atomic E-state index is 0.676. The van der Waals surface area contributed by atoms with Gasteiger partial charge in [-0.2, -0.15) is 0 Å². The van der Waals surface area contributed by atoms with Crippen molar-refractivity contribution in [2.24, 2.45) is 0 Å². The van der Waals surface area contributed by atoms with Gasteiger partial charge in [-0.05, 0) is 26.1 Å². The third-order valence-electron chi connectivity index (χ3n) is 2.17. The second-order valence-corrected chi connectivity index (χ2v) is 3.46. The van der Waals surface area contributed by atoms with Crippen LogP contribution in [-0.2, 0) is 0 Å². The first kappa shape index (κ1) is 9.98. The summed E-state index contributed by atoms with van der Waals surface area (Å²) in [6.45, 7) is 3.51. The maximum Gasteiger partial charge on any atom is 0.137 e. The fraction of sp³-hybridized carbons (Fsp3) is 0.364. The topological polar surface area (TPSA) is 38.6 Å². The first-order valence-electron chi connectivity index (χ1n) is 5.02. The Balaban J connectivity index is 2.15. The van der Waals surface area contributed by atoms with Gasteiger partial charge >= 0.3 is 0 Å². The molecule has 0 saturated carbocycles. The Bertz CT molecular complexity index is 450. The summed E-state index contributed by atoms with van der Waals surface area (Å²) in [7, 11) is 1.91. The van der Waals surface area contributed by atoms with Crippen LogP contribution in [0.5, 0.6) is 5.75 Å². The number of rotatable bonds is 4. The molecule has 0 amide bonds. The van der Waals surface area contributed by atoms with Crippen molar-refractivity contribution >= 4 is 5.65 Å². The van der Waals surface area contributed by atoms with Crippen molar-refractivity contribution in [3.63, 3.8) is 0 Å². The van der Waals surface area contributed by atoms with Crippen molar-refractivity contribution in [3.8, 4) is 5.75 Å². The van der Waals surface area contributed by atoms with Crippen LogP contribution in [0.3, 0.4) is 0 Å². The first-order valence-corrected chi connectivity index (χ1v) is 5.02. The molecule has 4 heteroatoms. The second-order valence-electron chi connectivity index (χ2n) is 3.46. The minimum atomic E-state index is 0.676. The molecule has 2 aromatic heterocycles. The minimum Gasteiger partial charge on any atom is -0.491 e. The van der Waals surface area contributed by atoms with Gasteiger partial charge in [0, 0.05) is 12.7 Å². The SMILES string of the molecule is CNCCOc1ccc2nc(C)cn2c1. The van der Waals surface area contributed by atoms with E-state index in [1.54, 1.807) is 0 Å². The van der Waals surface area contributed by atoms with Gasteiger partial charge in [0.15, 0.2) is 0 Å². The maximum atomic E-state index is 5.55. The van der Waals surface area contributed by atoms with Crippen LogP contribution in [0.4, 0.5) is 0 Å². The third-order valence-corrected chi connectivity index (χ3v) is 2.17. The average Bonchev–Trinajstić information content (AvgIpc) is 2.57. The highest BCUT2D eigenvalue weighted by molar-refractivity contribution is 5.42. The van der Waals surface area contributed by atoms with Crippen molar-refractivity contribution in [2.45, 2.75) is 6.92 Å². The van der Waals surface area contributed by atoms with Gasteiger partial charge < -0.3 is 14.5 Å². The van der Waals surface area contributed by atoms with Gasteiger partial charge in [-0.25, -0.2) is 4.98 Å². The molecule has 0 radical (unpaired) electrons. The van der Waals surface area contributed by atoms with Crippen LogP contribution in [0, 0.1) is 6.92 Å². The summed E-state index contributed by atoms with van der Waals surface area (Å²) in [6, 6.07) is 3.90. The molecule has 0 aliphatic heterocycles. The number of nitrogens with one attached hydrogen (secondary N) is 1. The smallest absolute Gasteiger partial charge is 0.137 e. The fourth-order valence-corrected chi connectivity index (χ4v) is 1.45. The largest absolute Gasteiger partial charge is 0.491 e. The number of imidazole rings is 1. The van der Waals surface area contributed by atoms with E-state index in [1.165, 1.54) is 0 Å². The Morgan fingerprint density at radius 1 is 1.40 bits per heavy atom. The zero-order chi connectivity index (χ0) is 10.7. The number of fused-ring (bicyclic) bond motifs is 1. The molecule has 0 fully saturated rings. The van der Waals surface area contributed by atoms with Crippen LogP contribution >= 0.6 is 0 Å². The molecule has 0 bridgehead atoms. The average molecular weight is 205 g/mol. The monoisotopic (exact) mass is 205 g/mol. The Morgan fingerprint density at radius 2 is 2.27 bits per heavy atom. The zero-order valence-corrected chi connectivity index (χ0v) is 9.03. The molecule has 2 heterocycles. The number of nitrogens with zero attached hydrogens (tertiary/aromatic N) is 2. The fourth-order valence-electron chi connectivity index (χ4n) is 1.45. The van der Waals surface area contributed by atoms with Gasteiger partial charge in [0.25, 0.3) is 0 Å². The van der Waals surface area contributed by atoms with Gasteiger partial charge in [0.1, 0.15) is 18.0 Å². The summed E-state index contributed by atoms with van der Waals surface area (Å²) < 4.78 is 7.53. The second kappa shape index (κ2) is 4.31. The molecule has 0 aliphatic rings. The molecule has 2 rings (SSSR count). The van der Waals surface area contributed by atoms with Crippen LogP contribution in [-0.4, -0.2) is 29.6 Å².